The molecule has 0 aliphatic rings. The number of rotatable bonds is 6. The van der Waals surface area contributed by atoms with E-state index in [1.54, 1.807) is 0 Å². The van der Waals surface area contributed by atoms with Crippen molar-refractivity contribution < 1.29 is 0 Å². The lowest BCUT2D eigenvalue weighted by molar-refractivity contribution is 0.527. The molecule has 0 atom stereocenters. The predicted octanol–water partition coefficient (Wildman–Crippen LogP) is 2.92. The van der Waals surface area contributed by atoms with Crippen LogP contribution in [0.2, 0.25) is 0 Å². The summed E-state index contributed by atoms with van der Waals surface area (Å²) >= 11 is 0. The Morgan fingerprint density at radius 1 is 1.40 bits per heavy atom. The molecule has 1 N–H and O–H groups in total. The molecule has 1 aromatic heterocycles. The summed E-state index contributed by atoms with van der Waals surface area (Å²) in [5, 5.41) is 3.46. The van der Waals surface area contributed by atoms with Gasteiger partial charge in [0, 0.05) is 18.4 Å². The van der Waals surface area contributed by atoms with Crippen LogP contribution in [-0.2, 0) is 6.54 Å². The molecule has 0 aliphatic heterocycles. The first-order valence-corrected chi connectivity index (χ1v) is 5.81. The van der Waals surface area contributed by atoms with Crippen molar-refractivity contribution in [1.82, 2.24) is 10.3 Å². The summed E-state index contributed by atoms with van der Waals surface area (Å²) in [6.45, 7) is 8.64. The first kappa shape index (κ1) is 12.2. The molecule has 0 amide bonds. The number of nitrogens with zero attached hydrogens (tertiary/aromatic N) is 1. The van der Waals surface area contributed by atoms with Gasteiger partial charge in [-0.2, -0.15) is 0 Å². The molecule has 0 spiro atoms. The van der Waals surface area contributed by atoms with Crippen molar-refractivity contribution in [2.45, 2.75) is 40.2 Å². The lowest BCUT2D eigenvalue weighted by Gasteiger charge is -2.07. The van der Waals surface area contributed by atoms with Crippen LogP contribution >= 0.6 is 0 Å². The number of aromatic nitrogens is 1. The number of nitrogens with one attached hydrogen (secondary N) is 1. The van der Waals surface area contributed by atoms with Crippen molar-refractivity contribution in [3.05, 3.63) is 29.6 Å². The fraction of sp³-hybridized carbons (Fsp3) is 0.615. The SMILES string of the molecule is Cc1ncccc1CNCCCC(C)C. The average Bonchev–Trinajstić information content (AvgIpc) is 2.20. The van der Waals surface area contributed by atoms with Gasteiger partial charge in [0.25, 0.3) is 0 Å². The van der Waals surface area contributed by atoms with Gasteiger partial charge < -0.3 is 5.32 Å². The third-order valence-corrected chi connectivity index (χ3v) is 2.57. The van der Waals surface area contributed by atoms with Gasteiger partial charge >= 0.3 is 0 Å². The first-order valence-electron chi connectivity index (χ1n) is 5.81. The molecule has 15 heavy (non-hydrogen) atoms. The normalized spacial score (nSPS) is 10.9. The van der Waals surface area contributed by atoms with Crippen LogP contribution in [0.4, 0.5) is 0 Å². The van der Waals surface area contributed by atoms with Crippen molar-refractivity contribution in [2.24, 2.45) is 5.92 Å². The molecule has 0 aromatic carbocycles. The van der Waals surface area contributed by atoms with E-state index < -0.39 is 0 Å². The average molecular weight is 206 g/mol. The number of hydrogen-bond donors (Lipinski definition) is 1. The van der Waals surface area contributed by atoms with Crippen LogP contribution in [0.25, 0.3) is 0 Å². The van der Waals surface area contributed by atoms with Crippen molar-refractivity contribution in [3.63, 3.8) is 0 Å². The topological polar surface area (TPSA) is 24.9 Å². The van der Waals surface area contributed by atoms with Gasteiger partial charge in [-0.1, -0.05) is 19.9 Å². The molecule has 0 radical (unpaired) electrons. The second-order valence-corrected chi connectivity index (χ2v) is 4.46. The summed E-state index contributed by atoms with van der Waals surface area (Å²) in [5.41, 5.74) is 2.44. The highest BCUT2D eigenvalue weighted by Crippen LogP contribution is 2.04. The zero-order valence-corrected chi connectivity index (χ0v) is 10.1. The Bertz CT molecular complexity index is 282. The molecule has 0 aliphatic carbocycles. The van der Waals surface area contributed by atoms with Crippen LogP contribution in [0, 0.1) is 12.8 Å². The Kier molecular flexibility index (Phi) is 5.33. The maximum absolute atomic E-state index is 4.27. The largest absolute Gasteiger partial charge is 0.313 e. The molecule has 0 bridgehead atoms. The van der Waals surface area contributed by atoms with Crippen LogP contribution in [0.3, 0.4) is 0 Å². The number of aryl methyl sites for hydroxylation is 1. The van der Waals surface area contributed by atoms with E-state index in [2.05, 4.69) is 37.1 Å². The van der Waals surface area contributed by atoms with Gasteiger partial charge in [0.2, 0.25) is 0 Å². The molecule has 84 valence electrons. The summed E-state index contributed by atoms with van der Waals surface area (Å²) in [7, 11) is 0. The maximum atomic E-state index is 4.27. The summed E-state index contributed by atoms with van der Waals surface area (Å²) in [5.74, 6) is 0.812. The molecular formula is C13H22N2. The van der Waals surface area contributed by atoms with Gasteiger partial charge in [-0.3, -0.25) is 4.98 Å². The molecule has 0 saturated heterocycles. The second kappa shape index (κ2) is 6.57. The van der Waals surface area contributed by atoms with Crippen molar-refractivity contribution in [2.75, 3.05) is 6.54 Å². The van der Waals surface area contributed by atoms with E-state index in [-0.39, 0.29) is 0 Å². The van der Waals surface area contributed by atoms with E-state index in [9.17, 15) is 0 Å². The molecule has 2 nitrogen and oxygen atoms in total. The lowest BCUT2D eigenvalue weighted by atomic mass is 10.1. The highest BCUT2D eigenvalue weighted by molar-refractivity contribution is 5.17. The fourth-order valence-corrected chi connectivity index (χ4v) is 1.56. The van der Waals surface area contributed by atoms with E-state index in [0.717, 1.165) is 24.7 Å². The predicted molar refractivity (Wildman–Crippen MR) is 64.8 cm³/mol. The minimum Gasteiger partial charge on any atom is -0.313 e. The van der Waals surface area contributed by atoms with Crippen molar-refractivity contribution >= 4 is 0 Å². The Morgan fingerprint density at radius 2 is 2.20 bits per heavy atom. The molecule has 2 heteroatoms. The second-order valence-electron chi connectivity index (χ2n) is 4.46. The van der Waals surface area contributed by atoms with Crippen molar-refractivity contribution in [1.29, 1.82) is 0 Å². The Labute approximate surface area is 93.1 Å². The molecule has 0 fully saturated rings. The number of pyridine rings is 1. The third kappa shape index (κ3) is 4.93. The van der Waals surface area contributed by atoms with E-state index in [1.165, 1.54) is 18.4 Å². The minimum atomic E-state index is 0.812. The van der Waals surface area contributed by atoms with Gasteiger partial charge in [0.1, 0.15) is 0 Å². The molecule has 0 saturated carbocycles. The zero-order chi connectivity index (χ0) is 11.1. The van der Waals surface area contributed by atoms with Crippen LogP contribution < -0.4 is 5.32 Å². The van der Waals surface area contributed by atoms with Crippen LogP contribution in [0.1, 0.15) is 37.9 Å². The van der Waals surface area contributed by atoms with Crippen molar-refractivity contribution in [3.8, 4) is 0 Å². The van der Waals surface area contributed by atoms with Gasteiger partial charge in [-0.25, -0.2) is 0 Å². The first-order chi connectivity index (χ1) is 7.20. The molecule has 1 heterocycles. The molecule has 1 aromatic rings. The van der Waals surface area contributed by atoms with Crippen LogP contribution in [-0.4, -0.2) is 11.5 Å². The smallest absolute Gasteiger partial charge is 0.0417 e. The quantitative estimate of drug-likeness (QED) is 0.724. The van der Waals surface area contributed by atoms with Gasteiger partial charge in [-0.15, -0.1) is 0 Å². The Morgan fingerprint density at radius 3 is 2.87 bits per heavy atom. The fourth-order valence-electron chi connectivity index (χ4n) is 1.56. The maximum Gasteiger partial charge on any atom is 0.0417 e. The Hall–Kier alpha value is -0.890. The van der Waals surface area contributed by atoms with E-state index in [4.69, 9.17) is 0 Å². The third-order valence-electron chi connectivity index (χ3n) is 2.57. The highest BCUT2D eigenvalue weighted by Gasteiger charge is 1.97. The summed E-state index contributed by atoms with van der Waals surface area (Å²) in [4.78, 5) is 4.27. The monoisotopic (exact) mass is 206 g/mol. The molecule has 1 rings (SSSR count). The zero-order valence-electron chi connectivity index (χ0n) is 10.1. The van der Waals surface area contributed by atoms with Gasteiger partial charge in [0.05, 0.1) is 0 Å². The van der Waals surface area contributed by atoms with Gasteiger partial charge in [0.15, 0.2) is 0 Å². The van der Waals surface area contributed by atoms with Gasteiger partial charge in [-0.05, 0) is 43.9 Å². The summed E-state index contributed by atoms with van der Waals surface area (Å²) in [6, 6.07) is 4.13. The lowest BCUT2D eigenvalue weighted by Crippen LogP contribution is -2.16. The minimum absolute atomic E-state index is 0.812. The molecular weight excluding hydrogens is 184 g/mol. The van der Waals surface area contributed by atoms with E-state index >= 15 is 0 Å². The summed E-state index contributed by atoms with van der Waals surface area (Å²) < 4.78 is 0. The standard InChI is InChI=1S/C13H22N2/c1-11(2)6-4-8-14-10-13-7-5-9-15-12(13)3/h5,7,9,11,14H,4,6,8,10H2,1-3H3. The number of hydrogen-bond acceptors (Lipinski definition) is 2. The molecule has 0 unspecified atom stereocenters. The van der Waals surface area contributed by atoms with Crippen LogP contribution in [0.5, 0.6) is 0 Å². The summed E-state index contributed by atoms with van der Waals surface area (Å²) in [6.07, 6.45) is 4.41. The highest BCUT2D eigenvalue weighted by atomic mass is 14.8. The van der Waals surface area contributed by atoms with E-state index in [1.807, 2.05) is 12.3 Å². The van der Waals surface area contributed by atoms with Crippen LogP contribution in [0.15, 0.2) is 18.3 Å². The Balaban J connectivity index is 2.18. The van der Waals surface area contributed by atoms with E-state index in [0.29, 0.717) is 0 Å².